The van der Waals surface area contributed by atoms with Gasteiger partial charge in [-0.1, -0.05) is 27.5 Å². The van der Waals surface area contributed by atoms with Crippen molar-refractivity contribution >= 4 is 84.5 Å². The predicted octanol–water partition coefficient (Wildman–Crippen LogP) is 5.63. The summed E-state index contributed by atoms with van der Waals surface area (Å²) in [7, 11) is 0. The van der Waals surface area contributed by atoms with E-state index < -0.39 is 0 Å². The van der Waals surface area contributed by atoms with E-state index in [-0.39, 0.29) is 23.6 Å². The summed E-state index contributed by atoms with van der Waals surface area (Å²) in [5, 5.41) is 13.7. The molecule has 1 saturated heterocycles. The van der Waals surface area contributed by atoms with E-state index in [0.717, 1.165) is 16.2 Å². The lowest BCUT2D eigenvalue weighted by Crippen LogP contribution is -2.27. The third-order valence-corrected chi connectivity index (χ3v) is 6.57. The van der Waals surface area contributed by atoms with Gasteiger partial charge in [-0.05, 0) is 60.3 Å². The fourth-order valence-electron chi connectivity index (χ4n) is 2.77. The zero-order valence-corrected chi connectivity index (χ0v) is 20.1. The molecule has 2 amide bonds. The highest BCUT2D eigenvalue weighted by molar-refractivity contribution is 9.10. The maximum Gasteiger partial charge on any atom is 0.273 e. The van der Waals surface area contributed by atoms with Gasteiger partial charge in [0.25, 0.3) is 11.8 Å². The molecule has 4 rings (SSSR count). The number of amides is 2. The second-order valence-electron chi connectivity index (χ2n) is 6.40. The number of rotatable bonds is 6. The molecule has 2 heterocycles. The van der Waals surface area contributed by atoms with Crippen LogP contribution in [-0.2, 0) is 9.59 Å². The monoisotopic (exact) mass is 548 g/mol. The van der Waals surface area contributed by atoms with Crippen molar-refractivity contribution in [1.82, 2.24) is 4.98 Å². The Bertz CT molecular complexity index is 1220. The van der Waals surface area contributed by atoms with Crippen LogP contribution in [0.25, 0.3) is 6.08 Å². The minimum absolute atomic E-state index is 0.0796. The highest BCUT2D eigenvalue weighted by Gasteiger charge is 2.35. The molecule has 0 spiro atoms. The highest BCUT2D eigenvalue weighted by atomic mass is 79.9. The van der Waals surface area contributed by atoms with E-state index in [9.17, 15) is 9.59 Å². The van der Waals surface area contributed by atoms with Crippen LogP contribution in [0.4, 0.5) is 10.8 Å². The molecule has 162 valence electrons. The average Bonchev–Trinajstić information content (AvgIpc) is 3.37. The number of carbonyl (C=O) groups is 2. The van der Waals surface area contributed by atoms with E-state index in [0.29, 0.717) is 32.1 Å². The van der Waals surface area contributed by atoms with E-state index in [2.05, 4.69) is 26.2 Å². The van der Waals surface area contributed by atoms with Gasteiger partial charge in [-0.3, -0.25) is 15.0 Å². The summed E-state index contributed by atoms with van der Waals surface area (Å²) in [5.41, 5.74) is 1.21. The number of carbonyl (C=O) groups excluding carboxylic acids is 2. The largest absolute Gasteiger partial charge is 0.483 e. The summed E-state index contributed by atoms with van der Waals surface area (Å²) in [4.78, 5) is 30.9. The maximum absolute atomic E-state index is 12.8. The smallest absolute Gasteiger partial charge is 0.273 e. The van der Waals surface area contributed by atoms with Crippen molar-refractivity contribution in [3.63, 3.8) is 0 Å². The van der Waals surface area contributed by atoms with Crippen molar-refractivity contribution < 1.29 is 14.3 Å². The number of benzene rings is 2. The lowest BCUT2D eigenvalue weighted by molar-refractivity contribution is -0.118. The Morgan fingerprint density at radius 3 is 2.78 bits per heavy atom. The number of thioether (sulfide) groups is 1. The van der Waals surface area contributed by atoms with Crippen LogP contribution in [0.5, 0.6) is 5.75 Å². The lowest BCUT2D eigenvalue weighted by atomic mass is 10.2. The van der Waals surface area contributed by atoms with Gasteiger partial charge in [-0.2, -0.15) is 0 Å². The van der Waals surface area contributed by atoms with Crippen LogP contribution in [0.1, 0.15) is 5.56 Å². The molecule has 0 atom stereocenters. The van der Waals surface area contributed by atoms with Gasteiger partial charge in [0.05, 0.1) is 4.91 Å². The van der Waals surface area contributed by atoms with Crippen LogP contribution in [0.3, 0.4) is 0 Å². The Labute approximate surface area is 205 Å². The summed E-state index contributed by atoms with van der Waals surface area (Å²) in [5.74, 6) is -0.238. The van der Waals surface area contributed by atoms with Crippen molar-refractivity contribution in [1.29, 1.82) is 5.41 Å². The van der Waals surface area contributed by atoms with Crippen molar-refractivity contribution in [3.05, 3.63) is 74.0 Å². The van der Waals surface area contributed by atoms with Crippen LogP contribution in [0.15, 0.2) is 63.4 Å². The van der Waals surface area contributed by atoms with Gasteiger partial charge < -0.3 is 10.1 Å². The van der Waals surface area contributed by atoms with Gasteiger partial charge in [0, 0.05) is 32.3 Å². The lowest BCUT2D eigenvalue weighted by Gasteiger charge is -2.11. The summed E-state index contributed by atoms with van der Waals surface area (Å²) in [6, 6.07) is 12.0. The van der Waals surface area contributed by atoms with E-state index in [1.165, 1.54) is 16.2 Å². The van der Waals surface area contributed by atoms with Crippen LogP contribution in [0, 0.1) is 5.41 Å². The Kier molecular flexibility index (Phi) is 6.95. The highest BCUT2D eigenvalue weighted by Crippen LogP contribution is 2.37. The normalized spacial score (nSPS) is 14.8. The van der Waals surface area contributed by atoms with Crippen molar-refractivity contribution in [2.75, 3.05) is 16.8 Å². The number of thiazole rings is 1. The number of nitrogens with zero attached hydrogens (tertiary/aromatic N) is 2. The molecule has 2 aromatic carbocycles. The first-order valence-electron chi connectivity index (χ1n) is 9.10. The fraction of sp³-hybridized carbons (Fsp3) is 0.0476. The number of anilines is 2. The molecule has 3 aromatic rings. The van der Waals surface area contributed by atoms with E-state index in [1.54, 1.807) is 60.1 Å². The SMILES string of the molecule is N=C1S/C(=C\c2cc(Br)ccc2OCC(=O)Nc2ccc(Cl)cc2)C(=O)N1c1nccs1. The first kappa shape index (κ1) is 22.5. The minimum Gasteiger partial charge on any atom is -0.483 e. The molecule has 1 aliphatic rings. The molecule has 1 aromatic heterocycles. The van der Waals surface area contributed by atoms with Gasteiger partial charge in [-0.25, -0.2) is 9.88 Å². The summed E-state index contributed by atoms with van der Waals surface area (Å²) in [6.07, 6.45) is 3.23. The van der Waals surface area contributed by atoms with Crippen molar-refractivity contribution in [2.45, 2.75) is 0 Å². The number of halogens is 2. The molecule has 32 heavy (non-hydrogen) atoms. The van der Waals surface area contributed by atoms with Gasteiger partial charge >= 0.3 is 0 Å². The molecule has 0 aliphatic carbocycles. The van der Waals surface area contributed by atoms with Crippen LogP contribution in [-0.4, -0.2) is 28.6 Å². The van der Waals surface area contributed by atoms with Gasteiger partial charge in [0.2, 0.25) is 0 Å². The number of hydrogen-bond acceptors (Lipinski definition) is 7. The maximum atomic E-state index is 12.8. The Morgan fingerprint density at radius 2 is 2.06 bits per heavy atom. The number of amidine groups is 1. The minimum atomic E-state index is -0.336. The van der Waals surface area contributed by atoms with E-state index in [1.807, 2.05) is 0 Å². The fourth-order valence-corrected chi connectivity index (χ4v) is 4.81. The zero-order chi connectivity index (χ0) is 22.7. The molecular formula is C21H14BrClN4O3S2. The molecule has 11 heteroatoms. The second-order valence-corrected chi connectivity index (χ2v) is 9.65. The number of ether oxygens (including phenoxy) is 1. The molecule has 0 bridgehead atoms. The van der Waals surface area contributed by atoms with Crippen molar-refractivity contribution in [2.24, 2.45) is 0 Å². The summed E-state index contributed by atoms with van der Waals surface area (Å²) in [6.45, 7) is -0.220. The number of aromatic nitrogens is 1. The van der Waals surface area contributed by atoms with Gasteiger partial charge in [0.1, 0.15) is 5.75 Å². The van der Waals surface area contributed by atoms with E-state index in [4.69, 9.17) is 21.7 Å². The Balaban J connectivity index is 1.50. The summed E-state index contributed by atoms with van der Waals surface area (Å²) < 4.78 is 6.50. The van der Waals surface area contributed by atoms with Crippen LogP contribution >= 0.6 is 50.6 Å². The first-order chi connectivity index (χ1) is 15.4. The van der Waals surface area contributed by atoms with E-state index >= 15 is 0 Å². The molecule has 1 fully saturated rings. The van der Waals surface area contributed by atoms with Crippen molar-refractivity contribution in [3.8, 4) is 5.75 Å². The quantitative estimate of drug-likeness (QED) is 0.389. The second kappa shape index (κ2) is 9.86. The standard InChI is InChI=1S/C21H14BrClN4O3S2/c22-13-1-6-16(30-11-18(28)26-15-4-2-14(23)3-5-15)12(9-13)10-17-19(29)27(20(24)32-17)21-25-7-8-31-21/h1-10,24H,11H2,(H,26,28)/b17-10-,24-20?. The zero-order valence-electron chi connectivity index (χ0n) is 16.2. The van der Waals surface area contributed by atoms with Gasteiger partial charge in [-0.15, -0.1) is 11.3 Å². The molecule has 0 saturated carbocycles. The molecular weight excluding hydrogens is 536 g/mol. The molecule has 0 unspecified atom stereocenters. The topological polar surface area (TPSA) is 95.4 Å². The molecule has 7 nitrogen and oxygen atoms in total. The first-order valence-corrected chi connectivity index (χ1v) is 12.0. The number of nitrogens with one attached hydrogen (secondary N) is 2. The Morgan fingerprint density at radius 1 is 1.28 bits per heavy atom. The van der Waals surface area contributed by atoms with Crippen LogP contribution < -0.4 is 15.0 Å². The third-order valence-electron chi connectivity index (χ3n) is 4.18. The average molecular weight is 550 g/mol. The number of hydrogen-bond donors (Lipinski definition) is 2. The summed E-state index contributed by atoms with van der Waals surface area (Å²) >= 11 is 11.6. The molecule has 1 aliphatic heterocycles. The predicted molar refractivity (Wildman–Crippen MR) is 133 cm³/mol. The van der Waals surface area contributed by atoms with Gasteiger partial charge in [0.15, 0.2) is 16.9 Å². The molecule has 2 N–H and O–H groups in total. The molecule has 0 radical (unpaired) electrons. The van der Waals surface area contributed by atoms with Crippen LogP contribution in [0.2, 0.25) is 5.02 Å². The third kappa shape index (κ3) is 5.21. The Hall–Kier alpha value is -2.66.